The molecule has 2 radical (unpaired) electrons. The van der Waals surface area contributed by atoms with Crippen molar-refractivity contribution < 1.29 is 87.4 Å². The van der Waals surface area contributed by atoms with E-state index in [0.717, 1.165) is 24.3 Å². The number of aromatic hydroxyl groups is 1. The molecular weight excluding hydrogens is 1030 g/mol. The van der Waals surface area contributed by atoms with Gasteiger partial charge in [-0.15, -0.1) is 24.3 Å². The van der Waals surface area contributed by atoms with E-state index < -0.39 is 35.2 Å². The normalized spacial score (nSPS) is 9.35. The fourth-order valence-corrected chi connectivity index (χ4v) is 3.58. The van der Waals surface area contributed by atoms with Crippen LogP contribution in [0.25, 0.3) is 22.5 Å². The van der Waals surface area contributed by atoms with Crippen LogP contribution in [-0.4, -0.2) is 54.3 Å². The zero-order valence-corrected chi connectivity index (χ0v) is 30.7. The van der Waals surface area contributed by atoms with E-state index in [4.69, 9.17) is 20.1 Å². The third-order valence-electron chi connectivity index (χ3n) is 5.74. The first-order valence-corrected chi connectivity index (χ1v) is 13.7. The summed E-state index contributed by atoms with van der Waals surface area (Å²) in [6, 6.07) is 25.0. The summed E-state index contributed by atoms with van der Waals surface area (Å²) in [4.78, 5) is 35.6. The molecule has 16 heteroatoms. The van der Waals surface area contributed by atoms with Crippen LogP contribution in [0, 0.1) is 35.4 Å². The van der Waals surface area contributed by atoms with Crippen molar-refractivity contribution in [3.63, 3.8) is 0 Å². The second-order valence-corrected chi connectivity index (χ2v) is 9.05. The number of carboxylic acids is 2. The van der Waals surface area contributed by atoms with Gasteiger partial charge in [0, 0.05) is 88.3 Å². The minimum absolute atomic E-state index is 0. The van der Waals surface area contributed by atoms with Gasteiger partial charge in [0.05, 0.1) is 7.11 Å². The number of pyridine rings is 4. The third-order valence-corrected chi connectivity index (χ3v) is 5.74. The number of aromatic carboxylic acids is 2. The Kier molecular flexibility index (Phi) is 19.1. The Balaban J connectivity index is 0.000000339. The van der Waals surface area contributed by atoms with Gasteiger partial charge in [0.15, 0.2) is 17.1 Å². The smallest absolute Gasteiger partial charge is 0.358 e. The zero-order chi connectivity index (χ0) is 35.8. The Bertz CT molecular complexity index is 1910. The van der Waals surface area contributed by atoms with Crippen LogP contribution in [0.4, 0.5) is 17.6 Å². The summed E-state index contributed by atoms with van der Waals surface area (Å²) in [5.74, 6) is -4.91. The maximum absolute atomic E-state index is 13.2. The van der Waals surface area contributed by atoms with Crippen LogP contribution in [0.5, 0.6) is 11.5 Å². The molecule has 4 aromatic heterocycles. The van der Waals surface area contributed by atoms with Crippen LogP contribution < -0.4 is 4.74 Å². The molecule has 0 bridgehead atoms. The minimum Gasteiger partial charge on any atom is -0.505 e. The summed E-state index contributed by atoms with van der Waals surface area (Å²) in [6.07, 6.45) is 5.81. The van der Waals surface area contributed by atoms with E-state index in [0.29, 0.717) is 11.4 Å². The molecule has 0 unspecified atom stereocenters. The first kappa shape index (κ1) is 43.6. The van der Waals surface area contributed by atoms with Crippen LogP contribution in [-0.2, 0) is 40.2 Å². The topological polar surface area (TPSA) is 156 Å². The Morgan fingerprint density at radius 1 is 0.627 bits per heavy atom. The molecule has 0 atom stereocenters. The Morgan fingerprint density at radius 3 is 1.39 bits per heavy atom. The van der Waals surface area contributed by atoms with Crippen molar-refractivity contribution in [2.75, 3.05) is 7.11 Å². The van der Waals surface area contributed by atoms with E-state index in [1.807, 2.05) is 0 Å². The molecule has 6 rings (SSSR count). The predicted molar refractivity (Wildman–Crippen MR) is 167 cm³/mol. The van der Waals surface area contributed by atoms with E-state index in [1.54, 1.807) is 60.9 Å². The predicted octanol–water partition coefficient (Wildman–Crippen LogP) is 6.92. The number of rotatable bonds is 5. The van der Waals surface area contributed by atoms with Gasteiger partial charge in [-0.3, -0.25) is 17.6 Å². The second-order valence-electron chi connectivity index (χ2n) is 9.05. The Labute approximate surface area is 315 Å². The molecule has 0 amide bonds. The number of ether oxygens (including phenoxy) is 1. The number of carboxylic acid groups (broad SMARTS) is 2. The first-order chi connectivity index (χ1) is 23.5. The molecule has 0 saturated heterocycles. The van der Waals surface area contributed by atoms with Gasteiger partial charge in [0.25, 0.3) is 0 Å². The van der Waals surface area contributed by atoms with Crippen LogP contribution in [0.1, 0.15) is 21.0 Å². The molecule has 0 aliphatic heterocycles. The maximum Gasteiger partial charge on any atom is 0.358 e. The average Bonchev–Trinajstić information content (AvgIpc) is 3.10. The van der Waals surface area contributed by atoms with Crippen LogP contribution in [0.15, 0.2) is 110 Å². The Hall–Kier alpha value is -5.40. The summed E-state index contributed by atoms with van der Waals surface area (Å²) in [5.41, 5.74) is 0.895. The average molecular weight is 1060 g/mol. The van der Waals surface area contributed by atoms with Gasteiger partial charge in [-0.2, -0.15) is 0 Å². The van der Waals surface area contributed by atoms with Crippen molar-refractivity contribution in [2.45, 2.75) is 0 Å². The fourth-order valence-electron chi connectivity index (χ4n) is 3.58. The number of hydrogen-bond acceptors (Lipinski definition) is 8. The number of methoxy groups -OCH3 is 1. The van der Waals surface area contributed by atoms with E-state index in [2.05, 4.69) is 32.1 Å². The van der Waals surface area contributed by atoms with Crippen molar-refractivity contribution in [3.05, 3.63) is 157 Å². The molecule has 3 N–H and O–H groups in total. The standard InChI is InChI=1S/2C11H6F2N.C7H7NO3.C6H5NO3.2Ir/c2*12-8-4-5-9(10(13)7-8)11-3-1-2-6-14-11;1-11-5-3-2-4-8-6(5)7(9)10;8-4-2-1-3-7-5(4)6(9)10;;/h2*1-4,6-7H;2-4H,1H3,(H,9,10);1-3,8H,(H,9,10);;/q2*-1;;;;. The van der Waals surface area contributed by atoms with Crippen molar-refractivity contribution in [3.8, 4) is 34.0 Å². The molecule has 0 fully saturated rings. The van der Waals surface area contributed by atoms with Gasteiger partial charge in [0.2, 0.25) is 0 Å². The molecule has 268 valence electrons. The van der Waals surface area contributed by atoms with Crippen LogP contribution in [0.3, 0.4) is 0 Å². The van der Waals surface area contributed by atoms with Crippen molar-refractivity contribution in [1.29, 1.82) is 0 Å². The quantitative estimate of drug-likeness (QED) is 0.122. The molecule has 0 aliphatic rings. The zero-order valence-electron chi connectivity index (χ0n) is 25.9. The second kappa shape index (κ2) is 22.3. The van der Waals surface area contributed by atoms with Crippen LogP contribution in [0.2, 0.25) is 0 Å². The number of aromatic nitrogens is 4. The van der Waals surface area contributed by atoms with Crippen molar-refractivity contribution >= 4 is 11.9 Å². The molecule has 2 aromatic carbocycles. The summed E-state index contributed by atoms with van der Waals surface area (Å²) < 4.78 is 56.4. The summed E-state index contributed by atoms with van der Waals surface area (Å²) >= 11 is 0. The first-order valence-electron chi connectivity index (χ1n) is 13.7. The summed E-state index contributed by atoms with van der Waals surface area (Å²) in [5, 5.41) is 25.7. The van der Waals surface area contributed by atoms with Crippen molar-refractivity contribution in [2.24, 2.45) is 0 Å². The largest absolute Gasteiger partial charge is 0.505 e. The summed E-state index contributed by atoms with van der Waals surface area (Å²) in [6.45, 7) is 0. The van der Waals surface area contributed by atoms with E-state index in [1.165, 1.54) is 31.6 Å². The monoisotopic (exact) mass is 1060 g/mol. The van der Waals surface area contributed by atoms with Gasteiger partial charge >= 0.3 is 11.9 Å². The van der Waals surface area contributed by atoms with E-state index in [9.17, 15) is 27.2 Å². The molecule has 0 aliphatic carbocycles. The Morgan fingerprint density at radius 2 is 1.06 bits per heavy atom. The van der Waals surface area contributed by atoms with Crippen LogP contribution >= 0.6 is 0 Å². The number of nitrogens with zero attached hydrogens (tertiary/aromatic N) is 4. The molecule has 0 spiro atoms. The molecule has 10 nitrogen and oxygen atoms in total. The van der Waals surface area contributed by atoms with Gasteiger partial charge in [-0.05, 0) is 47.8 Å². The van der Waals surface area contributed by atoms with Gasteiger partial charge in [0.1, 0.15) is 5.75 Å². The van der Waals surface area contributed by atoms with E-state index in [-0.39, 0.29) is 74.2 Å². The SMILES string of the molecule is COc1cccnc1C(=O)O.Fc1c[c-]c(-c2ccccn2)c(F)c1.Fc1c[c-]c(-c2ccccn2)c(F)c1.O=C(O)c1ncccc1O.[Ir].[Ir]. The van der Waals surface area contributed by atoms with E-state index >= 15 is 0 Å². The van der Waals surface area contributed by atoms with Gasteiger partial charge in [-0.1, -0.05) is 47.5 Å². The van der Waals surface area contributed by atoms with Gasteiger partial charge < -0.3 is 30.0 Å². The number of halogens is 4. The number of benzene rings is 2. The molecule has 51 heavy (non-hydrogen) atoms. The fraction of sp³-hybridized carbons (Fsp3) is 0.0286. The number of carbonyl (C=O) groups is 2. The third kappa shape index (κ3) is 13.8. The van der Waals surface area contributed by atoms with Crippen molar-refractivity contribution in [1.82, 2.24) is 19.9 Å². The minimum atomic E-state index is -1.22. The molecule has 4 heterocycles. The molecule has 0 saturated carbocycles. The molecular formula is C35H24F4Ir2N4O6-2. The van der Waals surface area contributed by atoms with Gasteiger partial charge in [-0.25, -0.2) is 19.6 Å². The summed E-state index contributed by atoms with van der Waals surface area (Å²) in [7, 11) is 1.41. The maximum atomic E-state index is 13.2. The molecule has 6 aromatic rings. The number of hydrogen-bond donors (Lipinski definition) is 3.